The van der Waals surface area contributed by atoms with Gasteiger partial charge in [-0.25, -0.2) is 10.3 Å². The van der Waals surface area contributed by atoms with Crippen LogP contribution in [0.4, 0.5) is 0 Å². The maximum atomic E-state index is 12.6. The third-order valence-electron chi connectivity index (χ3n) is 4.70. The molecule has 0 saturated heterocycles. The van der Waals surface area contributed by atoms with Gasteiger partial charge in [-0.05, 0) is 37.1 Å². The van der Waals surface area contributed by atoms with Crippen LogP contribution < -0.4 is 5.48 Å². The van der Waals surface area contributed by atoms with Crippen LogP contribution in [0.2, 0.25) is 0 Å². The van der Waals surface area contributed by atoms with Gasteiger partial charge >= 0.3 is 0 Å². The zero-order valence-electron chi connectivity index (χ0n) is 15.8. The standard InChI is InChI=1S/C21H21N3O4/c1-3-4-5-6-17-19(20(18(12-25)28-17)21(26)24-27-2)16-10-14-9-13(11-22)7-8-15(14)23-16/h7-10,17,23H,3-6H2,1-2H3,(H,24,26). The molecule has 1 unspecified atom stereocenters. The summed E-state index contributed by atoms with van der Waals surface area (Å²) in [6.45, 7) is 2.10. The number of carbonyl (C=O) groups is 1. The summed E-state index contributed by atoms with van der Waals surface area (Å²) in [6, 6.07) is 9.27. The van der Waals surface area contributed by atoms with E-state index in [1.807, 2.05) is 12.1 Å². The van der Waals surface area contributed by atoms with Crippen LogP contribution in [0.25, 0.3) is 16.5 Å². The van der Waals surface area contributed by atoms with Crippen LogP contribution in [0.5, 0.6) is 0 Å². The Morgan fingerprint density at radius 3 is 2.86 bits per heavy atom. The van der Waals surface area contributed by atoms with Gasteiger partial charge in [0.2, 0.25) is 5.76 Å². The molecule has 0 spiro atoms. The summed E-state index contributed by atoms with van der Waals surface area (Å²) in [5.41, 5.74) is 5.00. The van der Waals surface area contributed by atoms with Gasteiger partial charge in [-0.1, -0.05) is 19.8 Å². The van der Waals surface area contributed by atoms with Crippen LogP contribution in [0.1, 0.15) is 43.9 Å². The molecule has 0 aliphatic carbocycles. The first-order valence-corrected chi connectivity index (χ1v) is 9.15. The molecule has 0 fully saturated rings. The molecule has 28 heavy (non-hydrogen) atoms. The Labute approximate surface area is 162 Å². The number of aromatic amines is 1. The Balaban J connectivity index is 2.13. The maximum Gasteiger partial charge on any atom is 0.279 e. The predicted molar refractivity (Wildman–Crippen MR) is 103 cm³/mol. The molecule has 1 aliphatic rings. The Morgan fingerprint density at radius 2 is 2.18 bits per heavy atom. The van der Waals surface area contributed by atoms with Crippen molar-refractivity contribution in [2.75, 3.05) is 7.11 Å². The molecule has 7 heteroatoms. The number of aromatic nitrogens is 1. The summed E-state index contributed by atoms with van der Waals surface area (Å²) in [5.74, 6) is 1.05. The summed E-state index contributed by atoms with van der Waals surface area (Å²) >= 11 is 0. The monoisotopic (exact) mass is 379 g/mol. The van der Waals surface area contributed by atoms with E-state index in [9.17, 15) is 9.59 Å². The lowest BCUT2D eigenvalue weighted by atomic mass is 9.97. The fourth-order valence-electron chi connectivity index (χ4n) is 3.43. The number of H-pyrrole nitrogens is 1. The van der Waals surface area contributed by atoms with Crippen molar-refractivity contribution >= 4 is 28.3 Å². The van der Waals surface area contributed by atoms with Gasteiger partial charge in [-0.15, -0.1) is 0 Å². The van der Waals surface area contributed by atoms with Crippen LogP contribution in [-0.2, 0) is 19.2 Å². The number of ether oxygens (including phenoxy) is 1. The van der Waals surface area contributed by atoms with Crippen molar-refractivity contribution in [1.29, 1.82) is 5.26 Å². The minimum absolute atomic E-state index is 0.116. The van der Waals surface area contributed by atoms with Crippen molar-refractivity contribution < 1.29 is 19.2 Å². The highest BCUT2D eigenvalue weighted by atomic mass is 16.6. The lowest BCUT2D eigenvalue weighted by Gasteiger charge is -2.13. The Bertz CT molecular complexity index is 1020. The summed E-state index contributed by atoms with van der Waals surface area (Å²) < 4.78 is 5.78. The van der Waals surface area contributed by atoms with Crippen molar-refractivity contribution in [3.63, 3.8) is 0 Å². The molecule has 2 heterocycles. The number of benzene rings is 1. The number of nitrogens with zero attached hydrogens (tertiary/aromatic N) is 1. The van der Waals surface area contributed by atoms with Gasteiger partial charge in [0.25, 0.3) is 5.91 Å². The van der Waals surface area contributed by atoms with E-state index >= 15 is 0 Å². The Kier molecular flexibility index (Phi) is 5.95. The number of hydroxylamine groups is 1. The van der Waals surface area contributed by atoms with E-state index in [4.69, 9.17) is 14.8 Å². The molecule has 0 radical (unpaired) electrons. The van der Waals surface area contributed by atoms with Crippen molar-refractivity contribution in [3.05, 3.63) is 46.9 Å². The summed E-state index contributed by atoms with van der Waals surface area (Å²) in [5, 5.41) is 9.95. The number of amides is 1. The largest absolute Gasteiger partial charge is 0.474 e. The highest BCUT2D eigenvalue weighted by molar-refractivity contribution is 6.08. The zero-order valence-corrected chi connectivity index (χ0v) is 15.8. The quantitative estimate of drug-likeness (QED) is 0.437. The van der Waals surface area contributed by atoms with Gasteiger partial charge in [-0.3, -0.25) is 9.63 Å². The summed E-state index contributed by atoms with van der Waals surface area (Å²) in [7, 11) is 1.32. The van der Waals surface area contributed by atoms with Crippen LogP contribution in [0.15, 0.2) is 35.6 Å². The molecule has 7 nitrogen and oxygen atoms in total. The van der Waals surface area contributed by atoms with Gasteiger partial charge in [0.15, 0.2) is 5.94 Å². The second-order valence-corrected chi connectivity index (χ2v) is 6.55. The third kappa shape index (κ3) is 3.70. The fourth-order valence-corrected chi connectivity index (χ4v) is 3.43. The smallest absolute Gasteiger partial charge is 0.279 e. The van der Waals surface area contributed by atoms with E-state index in [0.29, 0.717) is 23.3 Å². The number of hydrogen-bond donors (Lipinski definition) is 2. The molecule has 1 atom stereocenters. The highest BCUT2D eigenvalue weighted by Crippen LogP contribution is 2.39. The number of nitrogens with one attached hydrogen (secondary N) is 2. The SMILES string of the molecule is CCCCCC1OC(=C=O)C(C(=O)NOC)=C1c1cc2cc(C#N)ccc2[nH]1. The van der Waals surface area contributed by atoms with Gasteiger partial charge < -0.3 is 9.72 Å². The molecule has 2 N–H and O–H groups in total. The topological polar surface area (TPSA) is 104 Å². The molecule has 3 rings (SSSR count). The van der Waals surface area contributed by atoms with Crippen LogP contribution >= 0.6 is 0 Å². The molecule has 1 aromatic heterocycles. The number of hydrogen-bond acceptors (Lipinski definition) is 5. The molecular formula is C21H21N3O4. The Hall–Kier alpha value is -3.33. The molecule has 144 valence electrons. The summed E-state index contributed by atoms with van der Waals surface area (Å²) in [6.07, 6.45) is 3.18. The van der Waals surface area contributed by atoms with E-state index in [1.165, 1.54) is 7.11 Å². The van der Waals surface area contributed by atoms with Crippen molar-refractivity contribution in [1.82, 2.24) is 10.5 Å². The lowest BCUT2D eigenvalue weighted by molar-refractivity contribution is -0.127. The maximum absolute atomic E-state index is 12.6. The van der Waals surface area contributed by atoms with E-state index in [-0.39, 0.29) is 11.3 Å². The fraction of sp³-hybridized carbons (Fsp3) is 0.333. The van der Waals surface area contributed by atoms with Gasteiger partial charge in [0.1, 0.15) is 11.7 Å². The molecule has 1 aromatic carbocycles. The molecule has 0 saturated carbocycles. The van der Waals surface area contributed by atoms with E-state index in [1.54, 1.807) is 18.1 Å². The number of carbonyl (C=O) groups excluding carboxylic acids is 2. The van der Waals surface area contributed by atoms with E-state index in [0.717, 1.165) is 30.2 Å². The molecule has 2 aromatic rings. The molecule has 1 amide bonds. The average molecular weight is 379 g/mol. The zero-order chi connectivity index (χ0) is 20.1. The van der Waals surface area contributed by atoms with Crippen molar-refractivity contribution in [3.8, 4) is 6.07 Å². The van der Waals surface area contributed by atoms with Gasteiger partial charge in [-0.2, -0.15) is 5.26 Å². The van der Waals surface area contributed by atoms with Crippen molar-refractivity contribution in [2.45, 2.75) is 38.7 Å². The average Bonchev–Trinajstić information content (AvgIpc) is 3.28. The second kappa shape index (κ2) is 8.57. The molecular weight excluding hydrogens is 358 g/mol. The number of fused-ring (bicyclic) bond motifs is 1. The highest BCUT2D eigenvalue weighted by Gasteiger charge is 2.37. The number of rotatable bonds is 7. The minimum atomic E-state index is -0.565. The molecule has 1 aliphatic heterocycles. The second-order valence-electron chi connectivity index (χ2n) is 6.55. The minimum Gasteiger partial charge on any atom is -0.474 e. The van der Waals surface area contributed by atoms with Gasteiger partial charge in [0, 0.05) is 22.2 Å². The van der Waals surface area contributed by atoms with Gasteiger partial charge in [0.05, 0.1) is 18.7 Å². The lowest BCUT2D eigenvalue weighted by Crippen LogP contribution is -2.24. The van der Waals surface area contributed by atoms with E-state index < -0.39 is 12.0 Å². The number of nitriles is 1. The Morgan fingerprint density at radius 1 is 1.36 bits per heavy atom. The molecule has 0 bridgehead atoms. The first-order valence-electron chi connectivity index (χ1n) is 9.15. The first kappa shape index (κ1) is 19.4. The van der Waals surface area contributed by atoms with E-state index in [2.05, 4.69) is 23.5 Å². The normalized spacial score (nSPS) is 16.0. The first-order chi connectivity index (χ1) is 13.6. The summed E-state index contributed by atoms with van der Waals surface area (Å²) in [4.78, 5) is 32.0. The van der Waals surface area contributed by atoms with Crippen LogP contribution in [0.3, 0.4) is 0 Å². The van der Waals surface area contributed by atoms with Crippen molar-refractivity contribution in [2.24, 2.45) is 0 Å². The predicted octanol–water partition coefficient (Wildman–Crippen LogP) is 3.17. The third-order valence-corrected chi connectivity index (χ3v) is 4.70. The van der Waals surface area contributed by atoms with Crippen LogP contribution in [0, 0.1) is 11.3 Å². The number of unbranched alkanes of at least 4 members (excludes halogenated alkanes) is 2. The van der Waals surface area contributed by atoms with Crippen LogP contribution in [-0.4, -0.2) is 30.0 Å².